The van der Waals surface area contributed by atoms with Crippen LogP contribution in [-0.2, 0) is 30.1 Å². The number of aryl methyl sites for hydroxylation is 3. The molecule has 0 saturated carbocycles. The smallest absolute Gasteiger partial charge is 0.210 e. The summed E-state index contributed by atoms with van der Waals surface area (Å²) in [6.07, 6.45) is 3.96. The quantitative estimate of drug-likeness (QED) is 0.200. The Kier molecular flexibility index (Phi) is 12.5. The molecule has 236 valence electrons. The van der Waals surface area contributed by atoms with Crippen molar-refractivity contribution < 1.29 is 25.3 Å². The fourth-order valence-corrected chi connectivity index (χ4v) is 8.30. The highest BCUT2D eigenvalue weighted by Gasteiger charge is 2.30. The average molecular weight is 650 g/mol. The van der Waals surface area contributed by atoms with Gasteiger partial charge < -0.3 is 0 Å². The van der Waals surface area contributed by atoms with E-state index in [0.717, 1.165) is 40.3 Å². The van der Waals surface area contributed by atoms with Crippen molar-refractivity contribution in [1.29, 1.82) is 0 Å². The molecule has 0 saturated heterocycles. The van der Waals surface area contributed by atoms with Crippen LogP contribution in [0.25, 0.3) is 0 Å². The molecule has 3 aromatic rings. The van der Waals surface area contributed by atoms with Gasteiger partial charge in [-0.05, 0) is 63.6 Å². The van der Waals surface area contributed by atoms with Crippen molar-refractivity contribution in [2.24, 2.45) is 0 Å². The second-order valence-corrected chi connectivity index (χ2v) is 16.3. The molecule has 0 amide bonds. The lowest BCUT2D eigenvalue weighted by molar-refractivity contribution is 0.358. The molecule has 0 bridgehead atoms. The van der Waals surface area contributed by atoms with Gasteiger partial charge in [-0.3, -0.25) is 0 Å². The summed E-state index contributed by atoms with van der Waals surface area (Å²) in [5, 5.41) is 0. The van der Waals surface area contributed by atoms with Gasteiger partial charge >= 0.3 is 0 Å². The summed E-state index contributed by atoms with van der Waals surface area (Å²) >= 11 is 0. The predicted octanol–water partition coefficient (Wildman–Crippen LogP) is 4.90. The number of nitrogens with zero attached hydrogens (tertiary/aromatic N) is 1. The largest absolute Gasteiger partial charge is 0.243 e. The summed E-state index contributed by atoms with van der Waals surface area (Å²) < 4.78 is 86.6. The van der Waals surface area contributed by atoms with E-state index in [1.165, 1.54) is 36.4 Å². The van der Waals surface area contributed by atoms with Crippen LogP contribution in [0.5, 0.6) is 0 Å². The first-order chi connectivity index (χ1) is 20.2. The maximum atomic E-state index is 13.9. The Balaban J connectivity index is 1.89. The molecule has 1 atom stereocenters. The van der Waals surface area contributed by atoms with Gasteiger partial charge in [-0.2, -0.15) is 4.31 Å². The summed E-state index contributed by atoms with van der Waals surface area (Å²) in [6.45, 7) is 7.07. The van der Waals surface area contributed by atoms with Crippen molar-refractivity contribution >= 4 is 30.1 Å². The van der Waals surface area contributed by atoms with Gasteiger partial charge in [0.1, 0.15) is 0 Å². The van der Waals surface area contributed by atoms with E-state index in [-0.39, 0.29) is 34.3 Å². The van der Waals surface area contributed by atoms with E-state index < -0.39 is 36.1 Å². The number of unbranched alkanes of at least 4 members (excludes halogenated alkanes) is 3. The predicted molar refractivity (Wildman–Crippen MR) is 170 cm³/mol. The van der Waals surface area contributed by atoms with Crippen LogP contribution in [0.2, 0.25) is 0 Å². The Morgan fingerprint density at radius 1 is 0.628 bits per heavy atom. The highest BCUT2D eigenvalue weighted by atomic mass is 32.2. The Labute approximate surface area is 257 Å². The van der Waals surface area contributed by atoms with E-state index in [0.29, 0.717) is 12.8 Å². The van der Waals surface area contributed by atoms with Crippen molar-refractivity contribution in [3.63, 3.8) is 0 Å². The molecular weight excluding hydrogens is 607 g/mol. The van der Waals surface area contributed by atoms with E-state index in [2.05, 4.69) is 16.4 Å². The van der Waals surface area contributed by atoms with Crippen LogP contribution in [0.1, 0.15) is 55.7 Å². The molecular formula is C31H43N3O6S3. The topological polar surface area (TPSA) is 130 Å². The van der Waals surface area contributed by atoms with Crippen molar-refractivity contribution in [3.05, 3.63) is 89.5 Å². The first-order valence-electron chi connectivity index (χ1n) is 14.5. The van der Waals surface area contributed by atoms with Crippen LogP contribution in [0.15, 0.2) is 87.5 Å². The number of hydrogen-bond donors (Lipinski definition) is 2. The molecule has 0 aliphatic heterocycles. The number of rotatable bonds is 17. The molecule has 0 fully saturated rings. The number of nitrogens with one attached hydrogen (secondary N) is 2. The molecule has 12 heteroatoms. The van der Waals surface area contributed by atoms with E-state index in [9.17, 15) is 25.3 Å². The van der Waals surface area contributed by atoms with E-state index in [4.69, 9.17) is 0 Å². The number of sulfonamides is 3. The van der Waals surface area contributed by atoms with Crippen LogP contribution in [0.3, 0.4) is 0 Å². The van der Waals surface area contributed by atoms with Crippen LogP contribution >= 0.6 is 0 Å². The van der Waals surface area contributed by atoms with Gasteiger partial charge in [-0.1, -0.05) is 85.7 Å². The third kappa shape index (κ3) is 10.2. The van der Waals surface area contributed by atoms with Crippen molar-refractivity contribution in [2.45, 2.75) is 80.5 Å². The van der Waals surface area contributed by atoms with Gasteiger partial charge in [-0.25, -0.2) is 34.7 Å². The van der Waals surface area contributed by atoms with Gasteiger partial charge in [0.05, 0.1) is 14.7 Å². The van der Waals surface area contributed by atoms with Gasteiger partial charge in [0, 0.05) is 25.7 Å². The molecule has 2 N–H and O–H groups in total. The maximum Gasteiger partial charge on any atom is 0.243 e. The van der Waals surface area contributed by atoms with Gasteiger partial charge in [0.25, 0.3) is 0 Å². The minimum absolute atomic E-state index is 0.0469. The Hall–Kier alpha value is -2.61. The lowest BCUT2D eigenvalue weighted by atomic mass is 10.1. The third-order valence-electron chi connectivity index (χ3n) is 7.13. The minimum Gasteiger partial charge on any atom is -0.210 e. The maximum absolute atomic E-state index is 13.9. The second kappa shape index (κ2) is 15.4. The number of benzene rings is 3. The Bertz CT molecular complexity index is 1640. The standard InChI is InChI=1S/C31H43N3O6S3/c1-5-6-7-8-9-28(33-42(37,38)30-18-12-26(3)13-19-30)24-34(43(39,40)31-20-14-27(4)15-21-31)23-22-32-41(35,36)29-16-10-25(2)11-17-29/h10-21,28,32-33H,5-9,22-24H2,1-4H3. The molecule has 3 aromatic carbocycles. The normalized spacial score (nSPS) is 13.3. The summed E-state index contributed by atoms with van der Waals surface area (Å²) in [4.78, 5) is 0.215. The lowest BCUT2D eigenvalue weighted by Gasteiger charge is -2.28. The molecule has 0 spiro atoms. The van der Waals surface area contributed by atoms with E-state index in [1.807, 2.05) is 20.8 Å². The van der Waals surface area contributed by atoms with Crippen molar-refractivity contribution in [1.82, 2.24) is 13.7 Å². The monoisotopic (exact) mass is 649 g/mol. The van der Waals surface area contributed by atoms with Gasteiger partial charge in [-0.15, -0.1) is 0 Å². The van der Waals surface area contributed by atoms with Crippen LogP contribution in [0.4, 0.5) is 0 Å². The zero-order valence-corrected chi connectivity index (χ0v) is 27.7. The molecule has 3 rings (SSSR count). The first kappa shape index (κ1) is 34.9. The molecule has 1 unspecified atom stereocenters. The Morgan fingerprint density at radius 3 is 1.58 bits per heavy atom. The van der Waals surface area contributed by atoms with Gasteiger partial charge in [0.2, 0.25) is 30.1 Å². The third-order valence-corrected chi connectivity index (χ3v) is 12.0. The molecule has 0 heterocycles. The molecule has 9 nitrogen and oxygen atoms in total. The Morgan fingerprint density at radius 2 is 1.09 bits per heavy atom. The summed E-state index contributed by atoms with van der Waals surface area (Å²) in [5.74, 6) is 0. The van der Waals surface area contributed by atoms with Crippen LogP contribution in [-0.4, -0.2) is 55.2 Å². The fourth-order valence-electron chi connectivity index (χ4n) is 4.53. The second-order valence-electron chi connectivity index (χ2n) is 10.9. The zero-order valence-electron chi connectivity index (χ0n) is 25.3. The summed E-state index contributed by atoms with van der Waals surface area (Å²) in [7, 11) is -11.9. The minimum atomic E-state index is -4.10. The molecule has 0 aromatic heterocycles. The van der Waals surface area contributed by atoms with E-state index in [1.54, 1.807) is 36.4 Å². The zero-order chi connectivity index (χ0) is 31.7. The SMILES string of the molecule is CCCCCCC(CN(CCNS(=O)(=O)c1ccc(C)cc1)S(=O)(=O)c1ccc(C)cc1)NS(=O)(=O)c1ccc(C)cc1. The fraction of sp³-hybridized carbons (Fsp3) is 0.419. The van der Waals surface area contributed by atoms with Gasteiger partial charge in [0.15, 0.2) is 0 Å². The highest BCUT2D eigenvalue weighted by Crippen LogP contribution is 2.20. The lowest BCUT2D eigenvalue weighted by Crippen LogP contribution is -2.47. The summed E-state index contributed by atoms with van der Waals surface area (Å²) in [5.41, 5.74) is 2.71. The van der Waals surface area contributed by atoms with Crippen molar-refractivity contribution in [2.75, 3.05) is 19.6 Å². The molecule has 0 aliphatic rings. The average Bonchev–Trinajstić information content (AvgIpc) is 2.95. The highest BCUT2D eigenvalue weighted by molar-refractivity contribution is 7.90. The molecule has 0 aliphatic carbocycles. The molecule has 0 radical (unpaired) electrons. The number of hydrogen-bond acceptors (Lipinski definition) is 6. The van der Waals surface area contributed by atoms with Crippen LogP contribution < -0.4 is 9.44 Å². The van der Waals surface area contributed by atoms with Crippen LogP contribution in [0, 0.1) is 20.8 Å². The summed E-state index contributed by atoms with van der Waals surface area (Å²) in [6, 6.07) is 18.4. The molecule has 43 heavy (non-hydrogen) atoms. The van der Waals surface area contributed by atoms with Crippen molar-refractivity contribution in [3.8, 4) is 0 Å². The first-order valence-corrected chi connectivity index (χ1v) is 18.9. The van der Waals surface area contributed by atoms with E-state index >= 15 is 0 Å².